The summed E-state index contributed by atoms with van der Waals surface area (Å²) in [5, 5.41) is 2.54. The van der Waals surface area contributed by atoms with Crippen LogP contribution < -0.4 is 15.0 Å². The largest absolute Gasteiger partial charge is 0.497 e. The van der Waals surface area contributed by atoms with Gasteiger partial charge in [-0.05, 0) is 30.7 Å². The number of benzene rings is 1. The number of nitrogens with one attached hydrogen (secondary N) is 1. The van der Waals surface area contributed by atoms with Gasteiger partial charge in [-0.3, -0.25) is 14.4 Å². The molecule has 0 aliphatic carbocycles. The van der Waals surface area contributed by atoms with Gasteiger partial charge in [0.05, 0.1) is 13.7 Å². The number of carbonyl (C=O) groups excluding carboxylic acids is 3. The van der Waals surface area contributed by atoms with Crippen molar-refractivity contribution in [2.24, 2.45) is 5.41 Å². The average Bonchev–Trinajstić information content (AvgIpc) is 3.16. The Labute approximate surface area is 146 Å². The molecule has 1 atom stereocenters. The zero-order valence-corrected chi connectivity index (χ0v) is 14.6. The number of anilines is 1. The number of methoxy groups -OCH3 is 1. The van der Waals surface area contributed by atoms with Crippen LogP contribution in [0.4, 0.5) is 5.69 Å². The molecule has 7 heteroatoms. The minimum Gasteiger partial charge on any atom is -0.497 e. The summed E-state index contributed by atoms with van der Waals surface area (Å²) in [5.41, 5.74) is 0.661. The summed E-state index contributed by atoms with van der Waals surface area (Å²) in [6.45, 7) is 3.21. The second-order valence-electron chi connectivity index (χ2n) is 6.83. The predicted molar refractivity (Wildman–Crippen MR) is 92.3 cm³/mol. The molecule has 2 fully saturated rings. The summed E-state index contributed by atoms with van der Waals surface area (Å²) in [6, 6.07) is 7.44. The van der Waals surface area contributed by atoms with Gasteiger partial charge in [0.25, 0.3) is 0 Å². The molecular weight excluding hydrogens is 322 g/mol. The molecule has 1 N–H and O–H groups in total. The first kappa shape index (κ1) is 17.3. The lowest BCUT2D eigenvalue weighted by Gasteiger charge is -2.24. The van der Waals surface area contributed by atoms with Crippen molar-refractivity contribution < 1.29 is 19.1 Å². The van der Waals surface area contributed by atoms with Crippen LogP contribution in [0.2, 0.25) is 0 Å². The highest BCUT2D eigenvalue weighted by atomic mass is 16.5. The van der Waals surface area contributed by atoms with E-state index in [2.05, 4.69) is 5.32 Å². The molecule has 2 aliphatic rings. The van der Waals surface area contributed by atoms with Crippen LogP contribution in [0.3, 0.4) is 0 Å². The minimum atomic E-state index is -0.219. The number of likely N-dealkylation sites (tertiary alicyclic amines) is 1. The van der Waals surface area contributed by atoms with E-state index in [0.29, 0.717) is 26.1 Å². The fourth-order valence-corrected chi connectivity index (χ4v) is 3.63. The Morgan fingerprint density at radius 2 is 1.96 bits per heavy atom. The molecule has 7 nitrogen and oxygen atoms in total. The maximum atomic E-state index is 12.5. The van der Waals surface area contributed by atoms with Crippen molar-refractivity contribution in [2.45, 2.75) is 19.8 Å². The first-order chi connectivity index (χ1) is 11.9. The normalized spacial score (nSPS) is 22.6. The van der Waals surface area contributed by atoms with Gasteiger partial charge in [0.2, 0.25) is 17.7 Å². The lowest BCUT2D eigenvalue weighted by molar-refractivity contribution is -0.132. The van der Waals surface area contributed by atoms with Crippen molar-refractivity contribution in [3.63, 3.8) is 0 Å². The molecule has 1 spiro atoms. The summed E-state index contributed by atoms with van der Waals surface area (Å²) in [5.74, 6) is 0.522. The Hall–Kier alpha value is -2.57. The van der Waals surface area contributed by atoms with E-state index in [0.717, 1.165) is 17.9 Å². The molecule has 2 aliphatic heterocycles. The van der Waals surface area contributed by atoms with Gasteiger partial charge in [0, 0.05) is 44.1 Å². The fourth-order valence-electron chi connectivity index (χ4n) is 3.63. The quantitative estimate of drug-likeness (QED) is 0.875. The van der Waals surface area contributed by atoms with Crippen molar-refractivity contribution >= 4 is 23.4 Å². The minimum absolute atomic E-state index is 0.0154. The molecular formula is C18H23N3O4. The van der Waals surface area contributed by atoms with E-state index in [-0.39, 0.29) is 29.7 Å². The molecule has 0 aromatic heterocycles. The van der Waals surface area contributed by atoms with Gasteiger partial charge in [-0.1, -0.05) is 0 Å². The number of ether oxygens (including phenoxy) is 1. The monoisotopic (exact) mass is 345 g/mol. The number of carbonyl (C=O) groups is 3. The standard InChI is InChI=1S/C18H23N3O4/c1-13(22)19-10-17(24)20-8-7-18(11-20)9-16(23)21(12-18)14-3-5-15(25-2)6-4-14/h3-6H,7-12H2,1-2H3,(H,19,22). The van der Waals surface area contributed by atoms with Gasteiger partial charge in [-0.25, -0.2) is 0 Å². The van der Waals surface area contributed by atoms with Gasteiger partial charge in [-0.2, -0.15) is 0 Å². The molecule has 1 unspecified atom stereocenters. The Bertz CT molecular complexity index is 688. The maximum Gasteiger partial charge on any atom is 0.241 e. The topological polar surface area (TPSA) is 79.0 Å². The van der Waals surface area contributed by atoms with Gasteiger partial charge >= 0.3 is 0 Å². The van der Waals surface area contributed by atoms with Crippen molar-refractivity contribution in [2.75, 3.05) is 38.2 Å². The van der Waals surface area contributed by atoms with Crippen LogP contribution in [0.15, 0.2) is 24.3 Å². The second kappa shape index (κ2) is 6.74. The van der Waals surface area contributed by atoms with Crippen LogP contribution in [0.25, 0.3) is 0 Å². The molecule has 3 rings (SSSR count). The first-order valence-electron chi connectivity index (χ1n) is 8.39. The van der Waals surface area contributed by atoms with E-state index in [1.54, 1.807) is 16.9 Å². The number of hydrogen-bond donors (Lipinski definition) is 1. The highest BCUT2D eigenvalue weighted by Crippen LogP contribution is 2.42. The van der Waals surface area contributed by atoms with E-state index in [1.807, 2.05) is 24.3 Å². The first-order valence-corrected chi connectivity index (χ1v) is 8.39. The van der Waals surface area contributed by atoms with Crippen molar-refractivity contribution in [1.29, 1.82) is 0 Å². The Kier molecular flexibility index (Phi) is 4.65. The van der Waals surface area contributed by atoms with Crippen LogP contribution in [0.1, 0.15) is 19.8 Å². The lowest BCUT2D eigenvalue weighted by atomic mass is 9.86. The van der Waals surface area contributed by atoms with Crippen molar-refractivity contribution in [3.8, 4) is 5.75 Å². The lowest BCUT2D eigenvalue weighted by Crippen LogP contribution is -2.40. The molecule has 2 saturated heterocycles. The van der Waals surface area contributed by atoms with Gasteiger partial charge < -0.3 is 19.9 Å². The molecule has 1 aromatic rings. The highest BCUT2D eigenvalue weighted by molar-refractivity contribution is 5.96. The Morgan fingerprint density at radius 1 is 1.24 bits per heavy atom. The number of hydrogen-bond acceptors (Lipinski definition) is 4. The fraction of sp³-hybridized carbons (Fsp3) is 0.500. The third-order valence-electron chi connectivity index (χ3n) is 4.98. The van der Waals surface area contributed by atoms with Crippen LogP contribution >= 0.6 is 0 Å². The molecule has 134 valence electrons. The molecule has 0 radical (unpaired) electrons. The summed E-state index contributed by atoms with van der Waals surface area (Å²) in [7, 11) is 1.61. The van der Waals surface area contributed by atoms with Crippen LogP contribution in [0.5, 0.6) is 5.75 Å². The highest BCUT2D eigenvalue weighted by Gasteiger charge is 2.48. The maximum absolute atomic E-state index is 12.5. The van der Waals surface area contributed by atoms with Gasteiger partial charge in [0.1, 0.15) is 5.75 Å². The SMILES string of the molecule is COc1ccc(N2CC3(CCN(C(=O)CNC(C)=O)C3)CC2=O)cc1. The van der Waals surface area contributed by atoms with Crippen molar-refractivity contribution in [1.82, 2.24) is 10.2 Å². The van der Waals surface area contributed by atoms with E-state index in [9.17, 15) is 14.4 Å². The van der Waals surface area contributed by atoms with E-state index >= 15 is 0 Å². The number of amides is 3. The van der Waals surface area contributed by atoms with E-state index < -0.39 is 0 Å². The zero-order valence-electron chi connectivity index (χ0n) is 14.6. The second-order valence-corrected chi connectivity index (χ2v) is 6.83. The summed E-state index contributed by atoms with van der Waals surface area (Å²) in [6.07, 6.45) is 1.25. The van der Waals surface area contributed by atoms with E-state index in [4.69, 9.17) is 4.74 Å². The predicted octanol–water partition coefficient (Wildman–Crippen LogP) is 0.787. The third-order valence-corrected chi connectivity index (χ3v) is 4.98. The number of nitrogens with zero attached hydrogens (tertiary/aromatic N) is 2. The molecule has 0 bridgehead atoms. The van der Waals surface area contributed by atoms with Crippen LogP contribution in [-0.2, 0) is 14.4 Å². The van der Waals surface area contributed by atoms with Crippen LogP contribution in [0, 0.1) is 5.41 Å². The molecule has 0 saturated carbocycles. The van der Waals surface area contributed by atoms with Crippen LogP contribution in [-0.4, -0.2) is 55.9 Å². The van der Waals surface area contributed by atoms with Gasteiger partial charge in [0.15, 0.2) is 0 Å². The smallest absolute Gasteiger partial charge is 0.241 e. The zero-order chi connectivity index (χ0) is 18.0. The summed E-state index contributed by atoms with van der Waals surface area (Å²) < 4.78 is 5.15. The third kappa shape index (κ3) is 3.60. The van der Waals surface area contributed by atoms with Gasteiger partial charge in [-0.15, -0.1) is 0 Å². The Balaban J connectivity index is 1.65. The summed E-state index contributed by atoms with van der Waals surface area (Å²) >= 11 is 0. The average molecular weight is 345 g/mol. The molecule has 25 heavy (non-hydrogen) atoms. The number of rotatable bonds is 4. The molecule has 2 heterocycles. The Morgan fingerprint density at radius 3 is 2.60 bits per heavy atom. The molecule has 1 aromatic carbocycles. The summed E-state index contributed by atoms with van der Waals surface area (Å²) in [4.78, 5) is 39.2. The van der Waals surface area contributed by atoms with Crippen molar-refractivity contribution in [3.05, 3.63) is 24.3 Å². The molecule has 3 amide bonds. The van der Waals surface area contributed by atoms with E-state index in [1.165, 1.54) is 6.92 Å².